The number of piperidine rings is 1. The summed E-state index contributed by atoms with van der Waals surface area (Å²) in [6.45, 7) is 3.98. The molecule has 4 heteroatoms. The third-order valence-corrected chi connectivity index (χ3v) is 4.52. The lowest BCUT2D eigenvalue weighted by Crippen LogP contribution is -2.40. The number of thioether (sulfide) groups is 1. The molecule has 3 nitrogen and oxygen atoms in total. The zero-order valence-corrected chi connectivity index (χ0v) is 12.2. The van der Waals surface area contributed by atoms with Gasteiger partial charge in [0, 0.05) is 23.7 Å². The smallest absolute Gasteiger partial charge is 0.409 e. The van der Waals surface area contributed by atoms with Gasteiger partial charge in [0.25, 0.3) is 0 Å². The first kappa shape index (κ1) is 14.3. The first-order chi connectivity index (χ1) is 9.29. The van der Waals surface area contributed by atoms with Crippen LogP contribution in [-0.2, 0) is 4.74 Å². The van der Waals surface area contributed by atoms with E-state index in [1.165, 1.54) is 11.3 Å². The van der Waals surface area contributed by atoms with Crippen LogP contribution >= 0.6 is 11.8 Å². The zero-order chi connectivity index (χ0) is 13.5. The Morgan fingerprint density at radius 1 is 1.42 bits per heavy atom. The zero-order valence-electron chi connectivity index (χ0n) is 11.4. The molecule has 1 aliphatic heterocycles. The molecule has 1 unspecified atom stereocenters. The van der Waals surface area contributed by atoms with Crippen LogP contribution in [0.1, 0.15) is 19.8 Å². The lowest BCUT2D eigenvalue weighted by molar-refractivity contribution is 0.0910. The molecular weight excluding hydrogens is 258 g/mol. The largest absolute Gasteiger partial charge is 0.450 e. The fourth-order valence-corrected chi connectivity index (χ4v) is 3.36. The number of rotatable bonds is 4. The number of carbonyl (C=O) groups excluding carboxylic acids is 1. The molecule has 0 radical (unpaired) electrons. The number of hydrogen-bond acceptors (Lipinski definition) is 3. The van der Waals surface area contributed by atoms with Crippen LogP contribution in [0.2, 0.25) is 0 Å². The maximum atomic E-state index is 11.7. The number of benzene rings is 1. The van der Waals surface area contributed by atoms with E-state index in [9.17, 15) is 4.79 Å². The van der Waals surface area contributed by atoms with Gasteiger partial charge in [0.1, 0.15) is 0 Å². The predicted octanol–water partition coefficient (Wildman–Crippen LogP) is 3.65. The second kappa shape index (κ2) is 7.43. The summed E-state index contributed by atoms with van der Waals surface area (Å²) in [5.74, 6) is 1.64. The average Bonchev–Trinajstić information content (AvgIpc) is 2.47. The molecule has 0 bridgehead atoms. The maximum Gasteiger partial charge on any atom is 0.409 e. The molecule has 1 amide bonds. The summed E-state index contributed by atoms with van der Waals surface area (Å²) in [4.78, 5) is 14.9. The first-order valence-electron chi connectivity index (χ1n) is 6.89. The monoisotopic (exact) mass is 279 g/mol. The quantitative estimate of drug-likeness (QED) is 0.788. The van der Waals surface area contributed by atoms with Gasteiger partial charge in [-0.2, -0.15) is 0 Å². The molecule has 1 saturated heterocycles. The number of amides is 1. The van der Waals surface area contributed by atoms with Crippen LogP contribution in [0.3, 0.4) is 0 Å². The van der Waals surface area contributed by atoms with Crippen molar-refractivity contribution in [3.8, 4) is 0 Å². The SMILES string of the molecule is CCOC(=O)N1CCCC(CSc2ccccc2)C1. The Labute approximate surface area is 119 Å². The van der Waals surface area contributed by atoms with Crippen LogP contribution in [0, 0.1) is 5.92 Å². The minimum Gasteiger partial charge on any atom is -0.450 e. The Morgan fingerprint density at radius 3 is 2.95 bits per heavy atom. The van der Waals surface area contributed by atoms with Gasteiger partial charge in [0.05, 0.1) is 6.61 Å². The predicted molar refractivity (Wildman–Crippen MR) is 78.5 cm³/mol. The molecule has 0 aliphatic carbocycles. The molecule has 19 heavy (non-hydrogen) atoms. The molecule has 0 spiro atoms. The van der Waals surface area contributed by atoms with Gasteiger partial charge < -0.3 is 9.64 Å². The van der Waals surface area contributed by atoms with Gasteiger partial charge in [-0.15, -0.1) is 11.8 Å². The average molecular weight is 279 g/mol. The van der Waals surface area contributed by atoms with Gasteiger partial charge in [-0.3, -0.25) is 0 Å². The minimum atomic E-state index is -0.156. The molecular formula is C15H21NO2S. The molecule has 0 saturated carbocycles. The van der Waals surface area contributed by atoms with Crippen LogP contribution in [-0.4, -0.2) is 36.4 Å². The number of carbonyl (C=O) groups is 1. The van der Waals surface area contributed by atoms with Crippen molar-refractivity contribution in [1.29, 1.82) is 0 Å². The van der Waals surface area contributed by atoms with Crippen molar-refractivity contribution in [1.82, 2.24) is 4.90 Å². The summed E-state index contributed by atoms with van der Waals surface area (Å²) in [7, 11) is 0. The number of hydrogen-bond donors (Lipinski definition) is 0. The lowest BCUT2D eigenvalue weighted by atomic mass is 10.0. The van der Waals surface area contributed by atoms with Crippen molar-refractivity contribution >= 4 is 17.9 Å². The van der Waals surface area contributed by atoms with Gasteiger partial charge >= 0.3 is 6.09 Å². The minimum absolute atomic E-state index is 0.156. The maximum absolute atomic E-state index is 11.7. The van der Waals surface area contributed by atoms with Gasteiger partial charge in [-0.05, 0) is 37.8 Å². The molecule has 1 atom stereocenters. The standard InChI is InChI=1S/C15H21NO2S/c1-2-18-15(17)16-10-6-7-13(11-16)12-19-14-8-4-3-5-9-14/h3-5,8-9,13H,2,6-7,10-12H2,1H3. The van der Waals surface area contributed by atoms with Crippen LogP contribution in [0.15, 0.2) is 35.2 Å². The third-order valence-electron chi connectivity index (χ3n) is 3.27. The summed E-state index contributed by atoms with van der Waals surface area (Å²) < 4.78 is 5.07. The number of ether oxygens (including phenoxy) is 1. The van der Waals surface area contributed by atoms with Crippen molar-refractivity contribution in [2.24, 2.45) is 5.92 Å². The van der Waals surface area contributed by atoms with E-state index in [0.29, 0.717) is 12.5 Å². The van der Waals surface area contributed by atoms with E-state index in [0.717, 1.165) is 25.3 Å². The van der Waals surface area contributed by atoms with Crippen molar-refractivity contribution < 1.29 is 9.53 Å². The van der Waals surface area contributed by atoms with Gasteiger partial charge in [0.2, 0.25) is 0 Å². The van der Waals surface area contributed by atoms with Crippen molar-refractivity contribution in [3.05, 3.63) is 30.3 Å². The van der Waals surface area contributed by atoms with E-state index in [-0.39, 0.29) is 6.09 Å². The normalized spacial score (nSPS) is 19.2. The molecule has 1 aromatic rings. The van der Waals surface area contributed by atoms with Gasteiger partial charge in [-0.25, -0.2) is 4.79 Å². The molecule has 1 fully saturated rings. The summed E-state index contributed by atoms with van der Waals surface area (Å²) >= 11 is 1.88. The Morgan fingerprint density at radius 2 is 2.21 bits per heavy atom. The van der Waals surface area contributed by atoms with Crippen LogP contribution in [0.5, 0.6) is 0 Å². The fraction of sp³-hybridized carbons (Fsp3) is 0.533. The summed E-state index contributed by atoms with van der Waals surface area (Å²) in [6.07, 6.45) is 2.13. The summed E-state index contributed by atoms with van der Waals surface area (Å²) in [5.41, 5.74) is 0. The van der Waals surface area contributed by atoms with E-state index >= 15 is 0 Å². The fourth-order valence-electron chi connectivity index (χ4n) is 2.31. The second-order valence-electron chi connectivity index (χ2n) is 4.78. The Kier molecular flexibility index (Phi) is 5.58. The van der Waals surface area contributed by atoms with E-state index in [1.54, 1.807) is 0 Å². The highest BCUT2D eigenvalue weighted by atomic mass is 32.2. The highest BCUT2D eigenvalue weighted by molar-refractivity contribution is 7.99. The first-order valence-corrected chi connectivity index (χ1v) is 7.87. The van der Waals surface area contributed by atoms with Crippen molar-refractivity contribution in [3.63, 3.8) is 0 Å². The molecule has 0 aromatic heterocycles. The van der Waals surface area contributed by atoms with E-state index in [2.05, 4.69) is 24.3 Å². The molecule has 0 N–H and O–H groups in total. The Bertz CT molecular complexity index is 396. The summed E-state index contributed by atoms with van der Waals surface area (Å²) in [6, 6.07) is 10.4. The van der Waals surface area contributed by atoms with Crippen LogP contribution in [0.25, 0.3) is 0 Å². The van der Waals surface area contributed by atoms with Crippen LogP contribution < -0.4 is 0 Å². The molecule has 104 valence electrons. The van der Waals surface area contributed by atoms with Gasteiger partial charge in [0.15, 0.2) is 0 Å². The Balaban J connectivity index is 1.79. The number of likely N-dealkylation sites (tertiary alicyclic amines) is 1. The van der Waals surface area contributed by atoms with Crippen LogP contribution in [0.4, 0.5) is 4.79 Å². The molecule has 2 rings (SSSR count). The van der Waals surface area contributed by atoms with E-state index in [1.807, 2.05) is 29.7 Å². The second-order valence-corrected chi connectivity index (χ2v) is 5.87. The number of nitrogens with zero attached hydrogens (tertiary/aromatic N) is 1. The molecule has 1 aromatic carbocycles. The Hall–Kier alpha value is -1.16. The van der Waals surface area contributed by atoms with Crippen molar-refractivity contribution in [2.45, 2.75) is 24.7 Å². The third kappa shape index (κ3) is 4.46. The lowest BCUT2D eigenvalue weighted by Gasteiger charge is -2.31. The van der Waals surface area contributed by atoms with Crippen molar-refractivity contribution in [2.75, 3.05) is 25.4 Å². The van der Waals surface area contributed by atoms with E-state index in [4.69, 9.17) is 4.74 Å². The summed E-state index contributed by atoms with van der Waals surface area (Å²) in [5, 5.41) is 0. The molecule has 1 heterocycles. The van der Waals surface area contributed by atoms with E-state index < -0.39 is 0 Å². The topological polar surface area (TPSA) is 29.5 Å². The highest BCUT2D eigenvalue weighted by Gasteiger charge is 2.24. The molecule has 1 aliphatic rings. The highest BCUT2D eigenvalue weighted by Crippen LogP contribution is 2.25. The van der Waals surface area contributed by atoms with Gasteiger partial charge in [-0.1, -0.05) is 18.2 Å².